The van der Waals surface area contributed by atoms with Crippen LogP contribution in [-0.2, 0) is 0 Å². The van der Waals surface area contributed by atoms with E-state index in [-0.39, 0.29) is 0 Å². The first-order chi connectivity index (χ1) is 4.69. The summed E-state index contributed by atoms with van der Waals surface area (Å²) in [6, 6.07) is 2.19. The lowest BCUT2D eigenvalue weighted by atomic mass is 9.93. The van der Waals surface area contributed by atoms with Crippen molar-refractivity contribution in [1.29, 1.82) is 5.26 Å². The Bertz CT molecular complexity index is 163. The van der Waals surface area contributed by atoms with E-state index in [4.69, 9.17) is 11.0 Å². The second kappa shape index (κ2) is 2.81. The molecule has 1 heterocycles. The molecule has 0 amide bonds. The monoisotopic (exact) mass is 156 g/mol. The Labute approximate surface area is 65.8 Å². The average Bonchev–Trinajstić information content (AvgIpc) is 1.96. The highest BCUT2D eigenvalue weighted by molar-refractivity contribution is 8.00. The molecule has 56 valence electrons. The maximum atomic E-state index is 8.73. The van der Waals surface area contributed by atoms with Crippen molar-refractivity contribution in [2.45, 2.75) is 30.6 Å². The van der Waals surface area contributed by atoms with Crippen molar-refractivity contribution in [3.05, 3.63) is 0 Å². The van der Waals surface area contributed by atoms with Gasteiger partial charge in [0.05, 0.1) is 6.07 Å². The summed E-state index contributed by atoms with van der Waals surface area (Å²) in [6.45, 7) is 2.03. The molecule has 2 unspecified atom stereocenters. The van der Waals surface area contributed by atoms with E-state index in [0.29, 0.717) is 5.25 Å². The minimum absolute atomic E-state index is 0.297. The molecule has 0 aromatic carbocycles. The zero-order chi connectivity index (χ0) is 7.61. The predicted octanol–water partition coefficient (Wildman–Crippen LogP) is 1.12. The van der Waals surface area contributed by atoms with E-state index in [2.05, 4.69) is 6.07 Å². The van der Waals surface area contributed by atoms with Crippen molar-refractivity contribution in [1.82, 2.24) is 0 Å². The van der Waals surface area contributed by atoms with Crippen LogP contribution in [0.2, 0.25) is 0 Å². The van der Waals surface area contributed by atoms with Gasteiger partial charge in [-0.1, -0.05) is 6.92 Å². The Hall–Kier alpha value is -0.200. The van der Waals surface area contributed by atoms with Crippen LogP contribution in [0.5, 0.6) is 0 Å². The zero-order valence-corrected chi connectivity index (χ0v) is 6.95. The van der Waals surface area contributed by atoms with E-state index in [1.54, 1.807) is 11.8 Å². The Morgan fingerprint density at radius 3 is 2.90 bits per heavy atom. The minimum Gasteiger partial charge on any atom is -0.312 e. The molecule has 2 nitrogen and oxygen atoms in total. The SMILES string of the molecule is CC1SCCCC1(N)C#N. The van der Waals surface area contributed by atoms with Crippen LogP contribution in [0.25, 0.3) is 0 Å². The third-order valence-electron chi connectivity index (χ3n) is 2.04. The molecule has 1 fully saturated rings. The van der Waals surface area contributed by atoms with Gasteiger partial charge in [-0.25, -0.2) is 0 Å². The maximum Gasteiger partial charge on any atom is 0.115 e. The van der Waals surface area contributed by atoms with Gasteiger partial charge in [-0.05, 0) is 18.6 Å². The lowest BCUT2D eigenvalue weighted by Gasteiger charge is -2.32. The molecule has 2 atom stereocenters. The number of thioether (sulfide) groups is 1. The van der Waals surface area contributed by atoms with Crippen molar-refractivity contribution in [2.24, 2.45) is 5.73 Å². The molecule has 0 bridgehead atoms. The number of nitriles is 1. The van der Waals surface area contributed by atoms with Gasteiger partial charge in [0.25, 0.3) is 0 Å². The second-order valence-electron chi connectivity index (χ2n) is 2.77. The second-order valence-corrected chi connectivity index (χ2v) is 4.22. The van der Waals surface area contributed by atoms with E-state index in [1.807, 2.05) is 6.92 Å². The van der Waals surface area contributed by atoms with Gasteiger partial charge in [0.1, 0.15) is 5.54 Å². The predicted molar refractivity (Wildman–Crippen MR) is 43.7 cm³/mol. The molecule has 10 heavy (non-hydrogen) atoms. The lowest BCUT2D eigenvalue weighted by Crippen LogP contribution is -2.48. The summed E-state index contributed by atoms with van der Waals surface area (Å²) < 4.78 is 0. The van der Waals surface area contributed by atoms with Gasteiger partial charge in [0.15, 0.2) is 0 Å². The van der Waals surface area contributed by atoms with E-state index in [9.17, 15) is 0 Å². The molecule has 1 aliphatic rings. The standard InChI is InChI=1S/C7H12N2S/c1-6-7(9,5-8)3-2-4-10-6/h6H,2-4,9H2,1H3. The van der Waals surface area contributed by atoms with Crippen molar-refractivity contribution >= 4 is 11.8 Å². The fourth-order valence-electron chi connectivity index (χ4n) is 1.12. The van der Waals surface area contributed by atoms with Crippen LogP contribution in [0.1, 0.15) is 19.8 Å². The lowest BCUT2D eigenvalue weighted by molar-refractivity contribution is 0.476. The number of nitrogens with zero attached hydrogens (tertiary/aromatic N) is 1. The number of rotatable bonds is 0. The first-order valence-electron chi connectivity index (χ1n) is 3.51. The van der Waals surface area contributed by atoms with Gasteiger partial charge >= 0.3 is 0 Å². The molecule has 1 rings (SSSR count). The Morgan fingerprint density at radius 2 is 2.50 bits per heavy atom. The largest absolute Gasteiger partial charge is 0.312 e. The van der Waals surface area contributed by atoms with Gasteiger partial charge in [-0.15, -0.1) is 0 Å². The smallest absolute Gasteiger partial charge is 0.115 e. The molecule has 0 saturated carbocycles. The summed E-state index contributed by atoms with van der Waals surface area (Å²) in [5, 5.41) is 9.03. The fraction of sp³-hybridized carbons (Fsp3) is 0.857. The Balaban J connectivity index is 2.65. The van der Waals surface area contributed by atoms with E-state index in [1.165, 1.54) is 0 Å². The van der Waals surface area contributed by atoms with Crippen LogP contribution in [-0.4, -0.2) is 16.5 Å². The fourth-order valence-corrected chi connectivity index (χ4v) is 2.26. The van der Waals surface area contributed by atoms with Crippen LogP contribution in [0, 0.1) is 11.3 Å². The molecular weight excluding hydrogens is 144 g/mol. The quantitative estimate of drug-likeness (QED) is 0.572. The number of hydrogen-bond donors (Lipinski definition) is 1. The topological polar surface area (TPSA) is 49.8 Å². The summed E-state index contributed by atoms with van der Waals surface area (Å²) >= 11 is 1.80. The summed E-state index contributed by atoms with van der Waals surface area (Å²) in [7, 11) is 0. The first kappa shape index (κ1) is 7.90. The summed E-state index contributed by atoms with van der Waals surface area (Å²) in [6.07, 6.45) is 1.94. The molecule has 0 aromatic rings. The van der Waals surface area contributed by atoms with E-state index >= 15 is 0 Å². The molecular formula is C7H12N2S. The highest BCUT2D eigenvalue weighted by atomic mass is 32.2. The van der Waals surface area contributed by atoms with Crippen LogP contribution >= 0.6 is 11.8 Å². The van der Waals surface area contributed by atoms with Crippen molar-refractivity contribution in [3.63, 3.8) is 0 Å². The molecule has 0 aliphatic carbocycles. The van der Waals surface area contributed by atoms with Gasteiger partial charge in [-0.2, -0.15) is 17.0 Å². The maximum absolute atomic E-state index is 8.73. The van der Waals surface area contributed by atoms with Gasteiger partial charge in [-0.3, -0.25) is 0 Å². The van der Waals surface area contributed by atoms with E-state index < -0.39 is 5.54 Å². The third kappa shape index (κ3) is 1.28. The van der Waals surface area contributed by atoms with Crippen LogP contribution in [0.4, 0.5) is 0 Å². The number of hydrogen-bond acceptors (Lipinski definition) is 3. The van der Waals surface area contributed by atoms with Gasteiger partial charge < -0.3 is 5.73 Å². The molecule has 0 spiro atoms. The van der Waals surface area contributed by atoms with Gasteiger partial charge in [0.2, 0.25) is 0 Å². The zero-order valence-electron chi connectivity index (χ0n) is 6.13. The highest BCUT2D eigenvalue weighted by Gasteiger charge is 2.34. The molecule has 2 N–H and O–H groups in total. The van der Waals surface area contributed by atoms with Crippen molar-refractivity contribution in [2.75, 3.05) is 5.75 Å². The van der Waals surface area contributed by atoms with Gasteiger partial charge in [0, 0.05) is 5.25 Å². The van der Waals surface area contributed by atoms with Crippen LogP contribution in [0.3, 0.4) is 0 Å². The third-order valence-corrected chi connectivity index (χ3v) is 3.48. The molecule has 0 radical (unpaired) electrons. The van der Waals surface area contributed by atoms with E-state index in [0.717, 1.165) is 18.6 Å². The molecule has 1 saturated heterocycles. The number of nitrogens with two attached hydrogens (primary N) is 1. The summed E-state index contributed by atoms with van der Waals surface area (Å²) in [4.78, 5) is 0. The Morgan fingerprint density at radius 1 is 1.80 bits per heavy atom. The van der Waals surface area contributed by atoms with Crippen LogP contribution < -0.4 is 5.73 Å². The molecule has 0 aromatic heterocycles. The minimum atomic E-state index is -0.553. The normalized spacial score (nSPS) is 40.7. The van der Waals surface area contributed by atoms with Crippen LogP contribution in [0.15, 0.2) is 0 Å². The van der Waals surface area contributed by atoms with Crippen molar-refractivity contribution < 1.29 is 0 Å². The van der Waals surface area contributed by atoms with Crippen molar-refractivity contribution in [3.8, 4) is 6.07 Å². The molecule has 3 heteroatoms. The average molecular weight is 156 g/mol. The molecule has 1 aliphatic heterocycles. The summed E-state index contributed by atoms with van der Waals surface area (Å²) in [5.41, 5.74) is 5.27. The first-order valence-corrected chi connectivity index (χ1v) is 4.55. The Kier molecular flexibility index (Phi) is 2.22. The highest BCUT2D eigenvalue weighted by Crippen LogP contribution is 2.31. The summed E-state index contributed by atoms with van der Waals surface area (Å²) in [5.74, 6) is 1.15.